The fraction of sp³-hybridized carbons (Fsp3) is 0.222. The summed E-state index contributed by atoms with van der Waals surface area (Å²) in [7, 11) is 0. The van der Waals surface area contributed by atoms with Gasteiger partial charge in [0, 0.05) is 11.6 Å². The average molecular weight is 449 g/mol. The topological polar surface area (TPSA) is 147 Å². The van der Waals surface area contributed by atoms with Gasteiger partial charge in [0.05, 0.1) is 15.7 Å². The van der Waals surface area contributed by atoms with Crippen LogP contribution in [0, 0.1) is 17.2 Å². The average Bonchev–Trinajstić information content (AvgIpc) is 2.66. The van der Waals surface area contributed by atoms with Crippen LogP contribution in [-0.4, -0.2) is 25.0 Å². The Balaban J connectivity index is 2.01. The lowest BCUT2D eigenvalue weighted by molar-refractivity contribution is 0.452. The van der Waals surface area contributed by atoms with E-state index in [1.807, 2.05) is 18.8 Å². The Labute approximate surface area is 178 Å². The molecule has 0 radical (unpaired) electrons. The summed E-state index contributed by atoms with van der Waals surface area (Å²) < 4.78 is 6.42. The fourth-order valence-electron chi connectivity index (χ4n) is 2.59. The van der Waals surface area contributed by atoms with Crippen molar-refractivity contribution in [2.45, 2.75) is 20.3 Å². The predicted octanol–water partition coefficient (Wildman–Crippen LogP) is 2.17. The summed E-state index contributed by atoms with van der Waals surface area (Å²) in [6, 6.07) is 5.71. The molecule has 0 bridgehead atoms. The van der Waals surface area contributed by atoms with Gasteiger partial charge in [-0.3, -0.25) is 14.6 Å². The molecule has 0 aliphatic carbocycles. The van der Waals surface area contributed by atoms with E-state index in [9.17, 15) is 14.4 Å². The highest BCUT2D eigenvalue weighted by Crippen LogP contribution is 2.37. The minimum atomic E-state index is -0.905. The van der Waals surface area contributed by atoms with E-state index >= 15 is 0 Å². The zero-order valence-electron chi connectivity index (χ0n) is 15.7. The fourth-order valence-corrected chi connectivity index (χ4v) is 3.14. The molecule has 0 atom stereocenters. The van der Waals surface area contributed by atoms with Gasteiger partial charge in [-0.2, -0.15) is 9.94 Å². The molecular weight excluding hydrogens is 435 g/mol. The molecule has 2 N–H and O–H groups in total. The molecule has 0 amide bonds. The molecule has 2 heterocycles. The van der Waals surface area contributed by atoms with Crippen molar-refractivity contribution in [3.05, 3.63) is 70.7 Å². The van der Waals surface area contributed by atoms with E-state index in [-0.39, 0.29) is 38.8 Å². The molecule has 12 heteroatoms. The van der Waals surface area contributed by atoms with Crippen molar-refractivity contribution < 1.29 is 4.74 Å². The van der Waals surface area contributed by atoms with Crippen molar-refractivity contribution in [2.75, 3.05) is 0 Å². The largest absolute Gasteiger partial charge is 0.434 e. The second-order valence-electron chi connectivity index (χ2n) is 6.63. The number of hydrogen-bond donors (Lipinski definition) is 2. The van der Waals surface area contributed by atoms with Crippen molar-refractivity contribution in [1.82, 2.24) is 25.0 Å². The zero-order chi connectivity index (χ0) is 22.0. The maximum absolute atomic E-state index is 12.0. The summed E-state index contributed by atoms with van der Waals surface area (Å²) in [5, 5.41) is 18.8. The van der Waals surface area contributed by atoms with E-state index in [1.165, 1.54) is 18.2 Å². The maximum atomic E-state index is 12.0. The molecule has 0 saturated carbocycles. The molecule has 0 fully saturated rings. The number of nitrogens with zero attached hydrogens (tertiary/aromatic N) is 4. The molecule has 30 heavy (non-hydrogen) atoms. The second-order valence-corrected chi connectivity index (χ2v) is 7.45. The number of rotatable bonds is 5. The molecule has 0 aliphatic heterocycles. The summed E-state index contributed by atoms with van der Waals surface area (Å²) in [6.07, 6.45) is 0.524. The van der Waals surface area contributed by atoms with Gasteiger partial charge in [0.15, 0.2) is 5.75 Å². The van der Waals surface area contributed by atoms with Gasteiger partial charge in [0.1, 0.15) is 6.07 Å². The van der Waals surface area contributed by atoms with Crippen molar-refractivity contribution in [3.8, 4) is 23.4 Å². The van der Waals surface area contributed by atoms with Crippen LogP contribution in [0.15, 0.2) is 32.6 Å². The number of nitriles is 1. The molecule has 154 valence electrons. The van der Waals surface area contributed by atoms with E-state index in [0.29, 0.717) is 12.0 Å². The van der Waals surface area contributed by atoms with Crippen LogP contribution in [0.1, 0.15) is 25.1 Å². The molecule has 2 aromatic heterocycles. The van der Waals surface area contributed by atoms with Crippen LogP contribution in [0.2, 0.25) is 10.0 Å². The Morgan fingerprint density at radius 1 is 1.17 bits per heavy atom. The zero-order valence-corrected chi connectivity index (χ0v) is 17.2. The number of nitrogens with one attached hydrogen (secondary N) is 2. The number of hydrogen-bond acceptors (Lipinski definition) is 7. The summed E-state index contributed by atoms with van der Waals surface area (Å²) in [4.78, 5) is 37.4. The lowest BCUT2D eigenvalue weighted by Gasteiger charge is -2.12. The highest BCUT2D eigenvalue weighted by molar-refractivity contribution is 6.37. The quantitative estimate of drug-likeness (QED) is 0.607. The lowest BCUT2D eigenvalue weighted by Crippen LogP contribution is -2.33. The maximum Gasteiger partial charge on any atom is 0.349 e. The molecule has 0 saturated heterocycles. The van der Waals surface area contributed by atoms with Gasteiger partial charge in [-0.15, -0.1) is 10.2 Å². The third kappa shape index (κ3) is 4.42. The van der Waals surface area contributed by atoms with E-state index in [2.05, 4.69) is 15.3 Å². The van der Waals surface area contributed by atoms with E-state index in [0.717, 1.165) is 4.68 Å². The van der Waals surface area contributed by atoms with Crippen LogP contribution >= 0.6 is 23.2 Å². The highest BCUT2D eigenvalue weighted by Gasteiger charge is 2.16. The van der Waals surface area contributed by atoms with Gasteiger partial charge in [-0.25, -0.2) is 9.89 Å². The molecule has 3 rings (SSSR count). The van der Waals surface area contributed by atoms with Crippen molar-refractivity contribution in [1.29, 1.82) is 5.26 Å². The molecule has 3 aromatic rings. The summed E-state index contributed by atoms with van der Waals surface area (Å²) in [5.74, 6) is 0.359. The summed E-state index contributed by atoms with van der Waals surface area (Å²) in [5.41, 5.74) is -2.01. The van der Waals surface area contributed by atoms with Gasteiger partial charge in [-0.1, -0.05) is 37.0 Å². The highest BCUT2D eigenvalue weighted by atomic mass is 35.5. The Morgan fingerprint density at radius 3 is 2.43 bits per heavy atom. The number of halogens is 2. The molecular formula is C18H14Cl2N6O4. The minimum Gasteiger partial charge on any atom is -0.434 e. The van der Waals surface area contributed by atoms with Gasteiger partial charge in [0.2, 0.25) is 11.6 Å². The van der Waals surface area contributed by atoms with Crippen molar-refractivity contribution >= 4 is 23.2 Å². The van der Waals surface area contributed by atoms with E-state index < -0.39 is 16.9 Å². The summed E-state index contributed by atoms with van der Waals surface area (Å²) in [6.45, 7) is 3.94. The van der Waals surface area contributed by atoms with Gasteiger partial charge >= 0.3 is 5.69 Å². The van der Waals surface area contributed by atoms with E-state index in [1.54, 1.807) is 6.07 Å². The first-order chi connectivity index (χ1) is 14.2. The van der Waals surface area contributed by atoms with Crippen molar-refractivity contribution in [2.24, 2.45) is 5.92 Å². The monoisotopic (exact) mass is 448 g/mol. The van der Waals surface area contributed by atoms with Crippen LogP contribution in [0.5, 0.6) is 11.6 Å². The first-order valence-electron chi connectivity index (χ1n) is 8.59. The molecule has 10 nitrogen and oxygen atoms in total. The first kappa shape index (κ1) is 21.3. The third-order valence-electron chi connectivity index (χ3n) is 3.85. The summed E-state index contributed by atoms with van der Waals surface area (Å²) >= 11 is 12.5. The molecule has 1 aromatic carbocycles. The van der Waals surface area contributed by atoms with Crippen LogP contribution in [0.4, 0.5) is 0 Å². The Bertz CT molecular complexity index is 1310. The van der Waals surface area contributed by atoms with Crippen LogP contribution < -0.4 is 21.5 Å². The lowest BCUT2D eigenvalue weighted by atomic mass is 10.1. The Morgan fingerprint density at radius 2 is 1.83 bits per heavy atom. The molecule has 0 unspecified atom stereocenters. The number of ether oxygens (including phenoxy) is 1. The first-order valence-corrected chi connectivity index (χ1v) is 9.34. The van der Waals surface area contributed by atoms with Crippen molar-refractivity contribution in [3.63, 3.8) is 0 Å². The van der Waals surface area contributed by atoms with Crippen LogP contribution in [0.3, 0.4) is 0 Å². The Hall–Kier alpha value is -3.42. The number of benzene rings is 1. The Kier molecular flexibility index (Phi) is 6.05. The van der Waals surface area contributed by atoms with Gasteiger partial charge in [-0.05, 0) is 24.5 Å². The smallest absolute Gasteiger partial charge is 0.349 e. The van der Waals surface area contributed by atoms with Crippen LogP contribution in [-0.2, 0) is 6.42 Å². The normalized spacial score (nSPS) is 10.8. The van der Waals surface area contributed by atoms with Gasteiger partial charge < -0.3 is 4.74 Å². The number of aromatic amines is 2. The standard InChI is InChI=1S/C18H14Cl2N6O4/c1-8(2)3-9-4-14(23-24-16(9)27)30-15-11(19)5-10(6-12(15)20)26-18(29)22-17(28)13(7-21)25-26/h4-6,8H,3H2,1-2H3,(H,24,27)(H,22,28,29). The second kappa shape index (κ2) is 8.52. The molecule has 0 spiro atoms. The van der Waals surface area contributed by atoms with E-state index in [4.69, 9.17) is 33.2 Å². The van der Waals surface area contributed by atoms with Gasteiger partial charge in [0.25, 0.3) is 11.1 Å². The predicted molar refractivity (Wildman–Crippen MR) is 109 cm³/mol. The number of H-pyrrole nitrogens is 2. The third-order valence-corrected chi connectivity index (χ3v) is 4.41. The minimum absolute atomic E-state index is 0.00863. The molecule has 0 aliphatic rings. The number of aromatic nitrogens is 5. The van der Waals surface area contributed by atoms with Crippen LogP contribution in [0.25, 0.3) is 5.69 Å². The SMILES string of the molecule is CC(C)Cc1cc(Oc2c(Cl)cc(-n3nc(C#N)c(=O)[nH]c3=O)cc2Cl)n[nH]c1=O.